The number of fused-ring (bicyclic) bond motifs is 1. The maximum Gasteiger partial charge on any atom is 0.124 e. The minimum atomic E-state index is -0.00907. The average Bonchev–Trinajstić information content (AvgIpc) is 2.26. The van der Waals surface area contributed by atoms with Crippen molar-refractivity contribution < 1.29 is 4.74 Å². The van der Waals surface area contributed by atoms with E-state index in [9.17, 15) is 0 Å². The summed E-state index contributed by atoms with van der Waals surface area (Å²) in [5, 5.41) is 0. The van der Waals surface area contributed by atoms with Gasteiger partial charge in [-0.25, -0.2) is 0 Å². The van der Waals surface area contributed by atoms with E-state index in [0.717, 1.165) is 36.8 Å². The largest absolute Gasteiger partial charge is 0.487 e. The Balaban J connectivity index is 1.93. The molecule has 3 rings (SSSR count). The number of para-hydroxylation sites is 1. The number of benzene rings is 1. The normalized spacial score (nSPS) is 39.2. The Morgan fingerprint density at radius 1 is 1.11 bits per heavy atom. The van der Waals surface area contributed by atoms with Gasteiger partial charge in [0.05, 0.1) is 0 Å². The second-order valence-electron chi connectivity index (χ2n) is 6.49. The third kappa shape index (κ3) is 2.03. The van der Waals surface area contributed by atoms with Crippen molar-refractivity contribution >= 4 is 0 Å². The van der Waals surface area contributed by atoms with Crippen molar-refractivity contribution in [1.82, 2.24) is 0 Å². The lowest BCUT2D eigenvalue weighted by Gasteiger charge is -2.47. The van der Waals surface area contributed by atoms with Crippen molar-refractivity contribution in [2.45, 2.75) is 51.2 Å². The smallest absolute Gasteiger partial charge is 0.124 e. The quantitative estimate of drug-likeness (QED) is 0.757. The van der Waals surface area contributed by atoms with Crippen LogP contribution in [0.15, 0.2) is 24.3 Å². The molecule has 1 fully saturated rings. The van der Waals surface area contributed by atoms with E-state index in [0.29, 0.717) is 0 Å². The molecule has 18 heavy (non-hydrogen) atoms. The zero-order valence-electron chi connectivity index (χ0n) is 11.4. The molecule has 0 bridgehead atoms. The summed E-state index contributed by atoms with van der Waals surface area (Å²) in [5.41, 5.74) is 7.53. The van der Waals surface area contributed by atoms with Crippen LogP contribution >= 0.6 is 0 Å². The monoisotopic (exact) mass is 245 g/mol. The number of rotatable bonds is 0. The fourth-order valence-electron chi connectivity index (χ4n) is 4.12. The first-order valence-electron chi connectivity index (χ1n) is 7.11. The number of hydrogen-bond acceptors (Lipinski definition) is 2. The van der Waals surface area contributed by atoms with Crippen molar-refractivity contribution in [2.75, 3.05) is 0 Å². The first kappa shape index (κ1) is 12.0. The number of ether oxygens (including phenoxy) is 1. The summed E-state index contributed by atoms with van der Waals surface area (Å²) in [7, 11) is 0. The fourth-order valence-corrected chi connectivity index (χ4v) is 4.12. The molecule has 0 aromatic heterocycles. The molecule has 1 saturated carbocycles. The van der Waals surface area contributed by atoms with Crippen LogP contribution in [-0.4, -0.2) is 5.60 Å². The van der Waals surface area contributed by atoms with Crippen molar-refractivity contribution in [3.05, 3.63) is 29.8 Å². The van der Waals surface area contributed by atoms with E-state index in [-0.39, 0.29) is 11.6 Å². The highest BCUT2D eigenvalue weighted by Gasteiger charge is 2.44. The lowest BCUT2D eigenvalue weighted by atomic mass is 9.69. The Kier molecular flexibility index (Phi) is 2.86. The van der Waals surface area contributed by atoms with Gasteiger partial charge in [-0.05, 0) is 37.2 Å². The highest BCUT2D eigenvalue weighted by atomic mass is 16.5. The number of nitrogens with two attached hydrogens (primary N) is 1. The first-order valence-corrected chi connectivity index (χ1v) is 7.11. The van der Waals surface area contributed by atoms with Crippen LogP contribution in [0.2, 0.25) is 0 Å². The highest BCUT2D eigenvalue weighted by molar-refractivity contribution is 5.38. The van der Waals surface area contributed by atoms with Crippen LogP contribution in [0.3, 0.4) is 0 Å². The van der Waals surface area contributed by atoms with E-state index in [1.54, 1.807) is 0 Å². The van der Waals surface area contributed by atoms with Crippen LogP contribution < -0.4 is 10.5 Å². The molecule has 2 nitrogen and oxygen atoms in total. The Morgan fingerprint density at radius 3 is 2.50 bits per heavy atom. The molecule has 2 aliphatic rings. The molecule has 1 aliphatic carbocycles. The van der Waals surface area contributed by atoms with Gasteiger partial charge in [-0.1, -0.05) is 32.0 Å². The van der Waals surface area contributed by atoms with E-state index in [1.165, 1.54) is 12.0 Å². The second-order valence-corrected chi connectivity index (χ2v) is 6.49. The molecule has 3 atom stereocenters. The van der Waals surface area contributed by atoms with Gasteiger partial charge >= 0.3 is 0 Å². The molecule has 2 unspecified atom stereocenters. The fraction of sp³-hybridized carbons (Fsp3) is 0.625. The SMILES string of the molecule is CC1CC(C)CC2(C1)C[C@@H](N)c1ccccc1O2. The van der Waals surface area contributed by atoms with E-state index in [1.807, 2.05) is 12.1 Å². The molecule has 1 spiro atoms. The van der Waals surface area contributed by atoms with Crippen LogP contribution in [-0.2, 0) is 0 Å². The predicted octanol–water partition coefficient (Wildman–Crippen LogP) is 3.66. The van der Waals surface area contributed by atoms with Gasteiger partial charge in [0.1, 0.15) is 11.4 Å². The molecule has 1 heterocycles. The zero-order chi connectivity index (χ0) is 12.8. The molecular formula is C16H23NO. The Bertz CT molecular complexity index is 432. The molecule has 1 aromatic rings. The van der Waals surface area contributed by atoms with Gasteiger partial charge in [0, 0.05) is 18.0 Å². The molecule has 1 aliphatic heterocycles. The number of hydrogen-bond donors (Lipinski definition) is 1. The van der Waals surface area contributed by atoms with Crippen LogP contribution in [0.25, 0.3) is 0 Å². The Hall–Kier alpha value is -1.02. The van der Waals surface area contributed by atoms with Crippen LogP contribution in [0, 0.1) is 11.8 Å². The van der Waals surface area contributed by atoms with E-state index in [4.69, 9.17) is 10.5 Å². The molecular weight excluding hydrogens is 222 g/mol. The molecule has 2 heteroatoms. The lowest BCUT2D eigenvalue weighted by Crippen LogP contribution is -2.47. The molecule has 2 N–H and O–H groups in total. The summed E-state index contributed by atoms with van der Waals surface area (Å²) in [5.74, 6) is 2.50. The third-order valence-corrected chi connectivity index (χ3v) is 4.48. The van der Waals surface area contributed by atoms with Gasteiger partial charge < -0.3 is 10.5 Å². The van der Waals surface area contributed by atoms with Crippen molar-refractivity contribution in [1.29, 1.82) is 0 Å². The maximum absolute atomic E-state index is 6.39. The van der Waals surface area contributed by atoms with Crippen molar-refractivity contribution in [3.63, 3.8) is 0 Å². The van der Waals surface area contributed by atoms with Crippen LogP contribution in [0.4, 0.5) is 0 Å². The summed E-state index contributed by atoms with van der Waals surface area (Å²) in [6, 6.07) is 8.39. The average molecular weight is 245 g/mol. The summed E-state index contributed by atoms with van der Waals surface area (Å²) in [6.45, 7) is 4.68. The molecule has 0 saturated heterocycles. The molecule has 1 aromatic carbocycles. The highest BCUT2D eigenvalue weighted by Crippen LogP contribution is 2.47. The minimum Gasteiger partial charge on any atom is -0.487 e. The Morgan fingerprint density at radius 2 is 1.78 bits per heavy atom. The summed E-state index contributed by atoms with van der Waals surface area (Å²) in [6.07, 6.45) is 4.60. The predicted molar refractivity (Wildman–Crippen MR) is 73.5 cm³/mol. The van der Waals surface area contributed by atoms with Crippen LogP contribution in [0.5, 0.6) is 5.75 Å². The summed E-state index contributed by atoms with van der Waals surface area (Å²) < 4.78 is 6.39. The van der Waals surface area contributed by atoms with Gasteiger partial charge in [-0.15, -0.1) is 0 Å². The Labute approximate surface area is 110 Å². The molecule has 0 radical (unpaired) electrons. The molecule has 0 amide bonds. The van der Waals surface area contributed by atoms with Gasteiger partial charge in [-0.3, -0.25) is 0 Å². The minimum absolute atomic E-state index is 0.00907. The van der Waals surface area contributed by atoms with Gasteiger partial charge in [0.15, 0.2) is 0 Å². The lowest BCUT2D eigenvalue weighted by molar-refractivity contribution is -0.0311. The first-order chi connectivity index (χ1) is 8.58. The van der Waals surface area contributed by atoms with E-state index in [2.05, 4.69) is 26.0 Å². The molecule has 98 valence electrons. The third-order valence-electron chi connectivity index (χ3n) is 4.48. The van der Waals surface area contributed by atoms with Crippen LogP contribution in [0.1, 0.15) is 51.1 Å². The maximum atomic E-state index is 6.39. The van der Waals surface area contributed by atoms with E-state index < -0.39 is 0 Å². The van der Waals surface area contributed by atoms with Gasteiger partial charge in [-0.2, -0.15) is 0 Å². The van der Waals surface area contributed by atoms with Crippen molar-refractivity contribution in [2.24, 2.45) is 17.6 Å². The summed E-state index contributed by atoms with van der Waals surface area (Å²) >= 11 is 0. The van der Waals surface area contributed by atoms with Gasteiger partial charge in [0.2, 0.25) is 0 Å². The van der Waals surface area contributed by atoms with Crippen molar-refractivity contribution in [3.8, 4) is 5.75 Å². The summed E-state index contributed by atoms with van der Waals surface area (Å²) in [4.78, 5) is 0. The standard InChI is InChI=1S/C16H23NO/c1-11-7-12(2)9-16(8-11)10-14(17)13-5-3-4-6-15(13)18-16/h3-6,11-12,14H,7-10,17H2,1-2H3/t11?,12?,14-,16?/m1/s1. The zero-order valence-corrected chi connectivity index (χ0v) is 11.4. The van der Waals surface area contributed by atoms with E-state index >= 15 is 0 Å². The second kappa shape index (κ2) is 4.27. The topological polar surface area (TPSA) is 35.2 Å². The van der Waals surface area contributed by atoms with Gasteiger partial charge in [0.25, 0.3) is 0 Å².